The SMILES string of the molecule is COCCN(Cc1cccnc1)S(=O)(=O)Cc1cccc(C#N)c1. The number of aromatic nitrogens is 1. The maximum atomic E-state index is 12.8. The van der Waals surface area contributed by atoms with Crippen LogP contribution in [0.25, 0.3) is 0 Å². The predicted octanol–water partition coefficient (Wildman–Crippen LogP) is 1.93. The lowest BCUT2D eigenvalue weighted by atomic mass is 10.2. The van der Waals surface area contributed by atoms with Crippen LogP contribution in [0, 0.1) is 11.3 Å². The predicted molar refractivity (Wildman–Crippen MR) is 90.3 cm³/mol. The van der Waals surface area contributed by atoms with Gasteiger partial charge in [0.15, 0.2) is 0 Å². The van der Waals surface area contributed by atoms with E-state index in [2.05, 4.69) is 4.98 Å². The van der Waals surface area contributed by atoms with Gasteiger partial charge in [-0.25, -0.2) is 8.42 Å². The van der Waals surface area contributed by atoms with Gasteiger partial charge in [-0.1, -0.05) is 18.2 Å². The first kappa shape index (κ1) is 18.1. The van der Waals surface area contributed by atoms with E-state index in [4.69, 9.17) is 10.00 Å². The second kappa shape index (κ2) is 8.55. The summed E-state index contributed by atoms with van der Waals surface area (Å²) in [5.41, 5.74) is 1.84. The Hall–Kier alpha value is -2.27. The molecule has 126 valence electrons. The molecular formula is C17H19N3O3S. The van der Waals surface area contributed by atoms with Gasteiger partial charge in [-0.05, 0) is 29.3 Å². The topological polar surface area (TPSA) is 83.3 Å². The van der Waals surface area contributed by atoms with Crippen LogP contribution in [0.1, 0.15) is 16.7 Å². The van der Waals surface area contributed by atoms with Crippen LogP contribution in [0.4, 0.5) is 0 Å². The number of pyridine rings is 1. The average Bonchev–Trinajstić information content (AvgIpc) is 2.59. The lowest BCUT2D eigenvalue weighted by molar-refractivity contribution is 0.177. The molecule has 0 saturated heterocycles. The van der Waals surface area contributed by atoms with Crippen molar-refractivity contribution in [1.82, 2.24) is 9.29 Å². The number of ether oxygens (including phenoxy) is 1. The Morgan fingerprint density at radius 3 is 2.71 bits per heavy atom. The van der Waals surface area contributed by atoms with E-state index in [1.807, 2.05) is 12.1 Å². The number of methoxy groups -OCH3 is 1. The Kier molecular flexibility index (Phi) is 6.44. The first-order valence-electron chi connectivity index (χ1n) is 7.40. The Labute approximate surface area is 142 Å². The van der Waals surface area contributed by atoms with Crippen molar-refractivity contribution in [1.29, 1.82) is 5.26 Å². The molecule has 0 spiro atoms. The summed E-state index contributed by atoms with van der Waals surface area (Å²) >= 11 is 0. The summed E-state index contributed by atoms with van der Waals surface area (Å²) in [6.07, 6.45) is 3.29. The van der Waals surface area contributed by atoms with Crippen molar-refractivity contribution in [2.24, 2.45) is 0 Å². The second-order valence-corrected chi connectivity index (χ2v) is 7.22. The van der Waals surface area contributed by atoms with Crippen LogP contribution in [-0.4, -0.2) is 38.0 Å². The van der Waals surface area contributed by atoms with Gasteiger partial charge in [0, 0.05) is 32.6 Å². The molecule has 1 heterocycles. The van der Waals surface area contributed by atoms with Crippen LogP contribution < -0.4 is 0 Å². The fourth-order valence-corrected chi connectivity index (χ4v) is 3.72. The molecule has 2 rings (SSSR count). The Morgan fingerprint density at radius 2 is 2.04 bits per heavy atom. The fraction of sp³-hybridized carbons (Fsp3) is 0.294. The smallest absolute Gasteiger partial charge is 0.218 e. The van der Waals surface area contributed by atoms with E-state index >= 15 is 0 Å². The fourth-order valence-electron chi connectivity index (χ4n) is 2.24. The maximum Gasteiger partial charge on any atom is 0.218 e. The van der Waals surface area contributed by atoms with E-state index in [1.165, 1.54) is 11.4 Å². The van der Waals surface area contributed by atoms with Crippen LogP contribution in [0.5, 0.6) is 0 Å². The normalized spacial score (nSPS) is 11.4. The Balaban J connectivity index is 2.20. The van der Waals surface area contributed by atoms with Gasteiger partial charge < -0.3 is 4.74 Å². The summed E-state index contributed by atoms with van der Waals surface area (Å²) in [6, 6.07) is 12.3. The summed E-state index contributed by atoms with van der Waals surface area (Å²) < 4.78 is 32.0. The lowest BCUT2D eigenvalue weighted by Crippen LogP contribution is -2.34. The highest BCUT2D eigenvalue weighted by Crippen LogP contribution is 2.15. The van der Waals surface area contributed by atoms with Gasteiger partial charge in [0.2, 0.25) is 10.0 Å². The first-order valence-corrected chi connectivity index (χ1v) is 9.01. The molecule has 7 heteroatoms. The van der Waals surface area contributed by atoms with Gasteiger partial charge in [0.1, 0.15) is 0 Å². The minimum absolute atomic E-state index is 0.160. The summed E-state index contributed by atoms with van der Waals surface area (Å²) in [5.74, 6) is -0.160. The molecule has 0 saturated carbocycles. The van der Waals surface area contributed by atoms with Crippen molar-refractivity contribution in [3.63, 3.8) is 0 Å². The third-order valence-corrected chi connectivity index (χ3v) is 5.22. The molecule has 0 aliphatic heterocycles. The Bertz CT molecular complexity index is 801. The number of rotatable bonds is 8. The summed E-state index contributed by atoms with van der Waals surface area (Å²) in [4.78, 5) is 4.02. The van der Waals surface area contributed by atoms with Crippen molar-refractivity contribution >= 4 is 10.0 Å². The van der Waals surface area contributed by atoms with Crippen LogP contribution in [0.3, 0.4) is 0 Å². The van der Waals surface area contributed by atoms with Gasteiger partial charge in [-0.2, -0.15) is 9.57 Å². The monoisotopic (exact) mass is 345 g/mol. The molecule has 1 aromatic carbocycles. The molecule has 0 atom stereocenters. The first-order chi connectivity index (χ1) is 11.5. The minimum atomic E-state index is -3.55. The zero-order valence-electron chi connectivity index (χ0n) is 13.4. The van der Waals surface area contributed by atoms with Gasteiger partial charge in [0.05, 0.1) is 24.0 Å². The summed E-state index contributed by atoms with van der Waals surface area (Å²) in [6.45, 7) is 0.793. The molecule has 6 nitrogen and oxygen atoms in total. The molecule has 24 heavy (non-hydrogen) atoms. The highest BCUT2D eigenvalue weighted by atomic mass is 32.2. The number of hydrogen-bond acceptors (Lipinski definition) is 5. The quantitative estimate of drug-likeness (QED) is 0.730. The third-order valence-electron chi connectivity index (χ3n) is 3.43. The molecule has 0 aliphatic rings. The summed E-state index contributed by atoms with van der Waals surface area (Å²) in [7, 11) is -2.02. The molecule has 0 amide bonds. The van der Waals surface area contributed by atoms with Gasteiger partial charge in [-0.15, -0.1) is 0 Å². The summed E-state index contributed by atoms with van der Waals surface area (Å²) in [5, 5.41) is 8.95. The third kappa shape index (κ3) is 5.13. The highest BCUT2D eigenvalue weighted by molar-refractivity contribution is 7.88. The molecule has 0 aliphatic carbocycles. The van der Waals surface area contributed by atoms with E-state index < -0.39 is 10.0 Å². The van der Waals surface area contributed by atoms with Crippen LogP contribution in [-0.2, 0) is 27.1 Å². The lowest BCUT2D eigenvalue weighted by Gasteiger charge is -2.22. The average molecular weight is 345 g/mol. The Morgan fingerprint density at radius 1 is 1.25 bits per heavy atom. The zero-order chi connectivity index (χ0) is 17.4. The van der Waals surface area contributed by atoms with Crippen molar-refractivity contribution in [3.8, 4) is 6.07 Å². The van der Waals surface area contributed by atoms with E-state index in [0.717, 1.165) is 5.56 Å². The van der Waals surface area contributed by atoms with Crippen molar-refractivity contribution in [2.45, 2.75) is 12.3 Å². The molecule has 0 N–H and O–H groups in total. The molecule has 1 aromatic heterocycles. The van der Waals surface area contributed by atoms with Crippen LogP contribution in [0.2, 0.25) is 0 Å². The molecule has 0 radical (unpaired) electrons. The van der Waals surface area contributed by atoms with Crippen molar-refractivity contribution < 1.29 is 13.2 Å². The van der Waals surface area contributed by atoms with E-state index in [0.29, 0.717) is 17.7 Å². The van der Waals surface area contributed by atoms with Crippen LogP contribution >= 0.6 is 0 Å². The largest absolute Gasteiger partial charge is 0.383 e. The van der Waals surface area contributed by atoms with Gasteiger partial charge in [-0.3, -0.25) is 4.98 Å². The molecule has 2 aromatic rings. The van der Waals surface area contributed by atoms with Gasteiger partial charge in [0.25, 0.3) is 0 Å². The van der Waals surface area contributed by atoms with Crippen molar-refractivity contribution in [3.05, 3.63) is 65.5 Å². The standard InChI is InChI=1S/C17H19N3O3S/c1-23-9-8-20(13-17-6-3-7-19-12-17)24(21,22)14-16-5-2-4-15(10-16)11-18/h2-7,10,12H,8-9,13-14H2,1H3. The maximum absolute atomic E-state index is 12.8. The second-order valence-electron chi connectivity index (χ2n) is 5.26. The number of benzene rings is 1. The highest BCUT2D eigenvalue weighted by Gasteiger charge is 2.22. The number of hydrogen-bond donors (Lipinski definition) is 0. The number of nitriles is 1. The van der Waals surface area contributed by atoms with Crippen molar-refractivity contribution in [2.75, 3.05) is 20.3 Å². The van der Waals surface area contributed by atoms with Crippen LogP contribution in [0.15, 0.2) is 48.8 Å². The number of nitrogens with zero attached hydrogens (tertiary/aromatic N) is 3. The number of sulfonamides is 1. The molecule has 0 bridgehead atoms. The zero-order valence-corrected chi connectivity index (χ0v) is 14.2. The van der Waals surface area contributed by atoms with Gasteiger partial charge >= 0.3 is 0 Å². The minimum Gasteiger partial charge on any atom is -0.383 e. The van der Waals surface area contributed by atoms with E-state index in [1.54, 1.807) is 42.7 Å². The van der Waals surface area contributed by atoms with E-state index in [-0.39, 0.29) is 18.8 Å². The molecule has 0 fully saturated rings. The molecule has 0 unspecified atom stereocenters. The van der Waals surface area contributed by atoms with E-state index in [9.17, 15) is 8.42 Å². The molecular weight excluding hydrogens is 326 g/mol.